The third kappa shape index (κ3) is 3.80. The van der Waals surface area contributed by atoms with E-state index in [1.165, 1.54) is 13.8 Å². The summed E-state index contributed by atoms with van der Waals surface area (Å²) in [5.74, 6) is -0.656. The second kappa shape index (κ2) is 5.95. The summed E-state index contributed by atoms with van der Waals surface area (Å²) in [6, 6.07) is 7.81. The molecule has 2 atom stereocenters. The Morgan fingerprint density at radius 2 is 1.94 bits per heavy atom. The molecule has 1 aromatic carbocycles. The predicted molar refractivity (Wildman–Crippen MR) is 68.7 cm³/mol. The first-order valence-electron chi connectivity index (χ1n) is 5.79. The molecule has 18 heavy (non-hydrogen) atoms. The number of nitrogens with one attached hydrogen (secondary N) is 1. The number of hydrogen-bond acceptors (Lipinski definition) is 4. The highest BCUT2D eigenvalue weighted by molar-refractivity contribution is 5.81. The van der Waals surface area contributed by atoms with Crippen LogP contribution in [-0.4, -0.2) is 34.4 Å². The highest BCUT2D eigenvalue weighted by atomic mass is 16.3. The van der Waals surface area contributed by atoms with Gasteiger partial charge in [0.25, 0.3) is 0 Å². The summed E-state index contributed by atoms with van der Waals surface area (Å²) >= 11 is 0. The van der Waals surface area contributed by atoms with E-state index in [1.54, 1.807) is 0 Å². The van der Waals surface area contributed by atoms with Crippen LogP contribution in [0.4, 0.5) is 0 Å². The Morgan fingerprint density at radius 1 is 1.39 bits per heavy atom. The zero-order chi connectivity index (χ0) is 13.8. The average molecular weight is 252 g/mol. The summed E-state index contributed by atoms with van der Waals surface area (Å²) < 4.78 is 0. The second-order valence-electron chi connectivity index (χ2n) is 4.80. The molecule has 0 saturated carbocycles. The fourth-order valence-electron chi connectivity index (χ4n) is 1.78. The number of rotatable bonds is 6. The molecule has 5 nitrogen and oxygen atoms in total. The van der Waals surface area contributed by atoms with E-state index >= 15 is 0 Å². The number of hydrogen-bond donors (Lipinski definition) is 4. The summed E-state index contributed by atoms with van der Waals surface area (Å²) in [7, 11) is 0. The van der Waals surface area contributed by atoms with Crippen LogP contribution in [0.3, 0.4) is 0 Å². The molecule has 0 aromatic heterocycles. The molecule has 0 heterocycles. The molecular formula is C13H20N2O3. The molecule has 0 aliphatic heterocycles. The molecule has 1 amide bonds. The van der Waals surface area contributed by atoms with Crippen LogP contribution in [0.25, 0.3) is 0 Å². The largest absolute Gasteiger partial charge is 0.394 e. The normalized spacial score (nSPS) is 15.1. The summed E-state index contributed by atoms with van der Waals surface area (Å²) in [5, 5.41) is 22.2. The zero-order valence-corrected chi connectivity index (χ0v) is 10.6. The lowest BCUT2D eigenvalue weighted by Gasteiger charge is -2.31. The minimum Gasteiger partial charge on any atom is -0.394 e. The Labute approximate surface area is 107 Å². The van der Waals surface area contributed by atoms with E-state index in [4.69, 9.17) is 5.73 Å². The Bertz CT molecular complexity index is 387. The summed E-state index contributed by atoms with van der Waals surface area (Å²) in [4.78, 5) is 11.3. The van der Waals surface area contributed by atoms with Crippen LogP contribution in [0.2, 0.25) is 0 Å². The van der Waals surface area contributed by atoms with Crippen LogP contribution in [0.1, 0.15) is 25.5 Å². The lowest BCUT2D eigenvalue weighted by atomic mass is 9.96. The summed E-state index contributed by atoms with van der Waals surface area (Å²) in [6.07, 6.45) is 0. The van der Waals surface area contributed by atoms with Gasteiger partial charge in [-0.2, -0.15) is 0 Å². The number of aliphatic hydroxyl groups is 2. The minimum absolute atomic E-state index is 0.191. The molecule has 1 aromatic rings. The van der Waals surface area contributed by atoms with E-state index < -0.39 is 23.6 Å². The molecule has 0 aliphatic rings. The van der Waals surface area contributed by atoms with Gasteiger partial charge in [0.2, 0.25) is 5.91 Å². The van der Waals surface area contributed by atoms with Crippen molar-refractivity contribution in [2.75, 3.05) is 6.61 Å². The zero-order valence-electron chi connectivity index (χ0n) is 10.6. The van der Waals surface area contributed by atoms with Gasteiger partial charge < -0.3 is 15.9 Å². The monoisotopic (exact) mass is 252 g/mol. The Balaban J connectivity index is 2.88. The Hall–Kier alpha value is -1.43. The van der Waals surface area contributed by atoms with Gasteiger partial charge in [-0.3, -0.25) is 10.1 Å². The van der Waals surface area contributed by atoms with Gasteiger partial charge in [-0.05, 0) is 19.4 Å². The van der Waals surface area contributed by atoms with E-state index in [9.17, 15) is 15.0 Å². The number of benzene rings is 1. The van der Waals surface area contributed by atoms with Gasteiger partial charge in [-0.15, -0.1) is 0 Å². The van der Waals surface area contributed by atoms with Crippen molar-refractivity contribution >= 4 is 5.91 Å². The van der Waals surface area contributed by atoms with E-state index in [-0.39, 0.29) is 6.61 Å². The molecule has 1 rings (SSSR count). The van der Waals surface area contributed by atoms with Crippen molar-refractivity contribution in [2.45, 2.75) is 31.5 Å². The molecule has 0 bridgehead atoms. The number of primary amides is 1. The van der Waals surface area contributed by atoms with Crippen molar-refractivity contribution < 1.29 is 15.0 Å². The molecule has 100 valence electrons. The number of carbonyl (C=O) groups excluding carboxylic acids is 1. The first-order chi connectivity index (χ1) is 8.36. The Kier molecular flexibility index (Phi) is 4.84. The summed E-state index contributed by atoms with van der Waals surface area (Å²) in [5.41, 5.74) is 4.79. The lowest BCUT2D eigenvalue weighted by molar-refractivity contribution is -0.126. The molecule has 0 unspecified atom stereocenters. The van der Waals surface area contributed by atoms with Crippen molar-refractivity contribution in [1.29, 1.82) is 0 Å². The maximum absolute atomic E-state index is 11.3. The van der Waals surface area contributed by atoms with E-state index in [1.807, 2.05) is 30.3 Å². The third-order valence-electron chi connectivity index (χ3n) is 2.74. The van der Waals surface area contributed by atoms with Crippen LogP contribution >= 0.6 is 0 Å². The molecular weight excluding hydrogens is 232 g/mol. The number of carbonyl (C=O) groups is 1. The quantitative estimate of drug-likeness (QED) is 0.570. The first-order valence-corrected chi connectivity index (χ1v) is 5.79. The second-order valence-corrected chi connectivity index (χ2v) is 4.80. The van der Waals surface area contributed by atoms with Gasteiger partial charge in [-0.1, -0.05) is 30.3 Å². The molecule has 5 N–H and O–H groups in total. The third-order valence-corrected chi connectivity index (χ3v) is 2.74. The van der Waals surface area contributed by atoms with Crippen molar-refractivity contribution in [1.82, 2.24) is 5.32 Å². The molecule has 0 aliphatic carbocycles. The highest BCUT2D eigenvalue weighted by Gasteiger charge is 2.33. The topological polar surface area (TPSA) is 95.6 Å². The lowest BCUT2D eigenvalue weighted by Crippen LogP contribution is -2.56. The standard InChI is InChI=1S/C13H20N2O3/c1-13(2,18)11(12(14)17)15-10(8-16)9-6-4-3-5-7-9/h3-7,10-11,15-16,18H,8H2,1-2H3,(H2,14,17)/t10-,11+/m0/s1. The number of aliphatic hydroxyl groups excluding tert-OH is 1. The Morgan fingerprint density at radius 3 is 2.33 bits per heavy atom. The van der Waals surface area contributed by atoms with E-state index in [0.717, 1.165) is 5.56 Å². The first kappa shape index (κ1) is 14.6. The predicted octanol–water partition coefficient (Wildman–Crippen LogP) is -0.0656. The summed E-state index contributed by atoms with van der Waals surface area (Å²) in [6.45, 7) is 2.80. The van der Waals surface area contributed by atoms with Gasteiger partial charge in [0, 0.05) is 0 Å². The van der Waals surface area contributed by atoms with Gasteiger partial charge >= 0.3 is 0 Å². The van der Waals surface area contributed by atoms with Crippen LogP contribution in [-0.2, 0) is 4.79 Å². The molecule has 0 fully saturated rings. The molecule has 0 spiro atoms. The highest BCUT2D eigenvalue weighted by Crippen LogP contribution is 2.16. The molecule has 5 heteroatoms. The van der Waals surface area contributed by atoms with Crippen molar-refractivity contribution in [2.24, 2.45) is 5.73 Å². The number of amides is 1. The number of nitrogens with two attached hydrogens (primary N) is 1. The maximum atomic E-state index is 11.3. The molecule has 0 radical (unpaired) electrons. The van der Waals surface area contributed by atoms with Crippen molar-refractivity contribution in [3.05, 3.63) is 35.9 Å². The van der Waals surface area contributed by atoms with Gasteiger partial charge in [0.1, 0.15) is 6.04 Å². The molecule has 0 saturated heterocycles. The van der Waals surface area contributed by atoms with Crippen LogP contribution in [0.15, 0.2) is 30.3 Å². The van der Waals surface area contributed by atoms with E-state index in [0.29, 0.717) is 0 Å². The van der Waals surface area contributed by atoms with Crippen LogP contribution in [0.5, 0.6) is 0 Å². The van der Waals surface area contributed by atoms with Crippen LogP contribution in [0, 0.1) is 0 Å². The van der Waals surface area contributed by atoms with E-state index in [2.05, 4.69) is 5.32 Å². The smallest absolute Gasteiger partial charge is 0.237 e. The van der Waals surface area contributed by atoms with Gasteiger partial charge in [0.05, 0.1) is 18.2 Å². The minimum atomic E-state index is -1.30. The average Bonchev–Trinajstić information content (AvgIpc) is 2.29. The van der Waals surface area contributed by atoms with Gasteiger partial charge in [0.15, 0.2) is 0 Å². The van der Waals surface area contributed by atoms with Crippen LogP contribution < -0.4 is 11.1 Å². The van der Waals surface area contributed by atoms with Crippen molar-refractivity contribution in [3.63, 3.8) is 0 Å². The van der Waals surface area contributed by atoms with Crippen molar-refractivity contribution in [3.8, 4) is 0 Å². The van der Waals surface area contributed by atoms with Gasteiger partial charge in [-0.25, -0.2) is 0 Å². The fraction of sp³-hybridized carbons (Fsp3) is 0.462. The fourth-order valence-corrected chi connectivity index (χ4v) is 1.78. The SMILES string of the molecule is CC(C)(O)[C@H](N[C@@H](CO)c1ccccc1)C(N)=O. The maximum Gasteiger partial charge on any atom is 0.237 e.